The normalized spacial score (nSPS) is 24.0. The largest absolute Gasteiger partial charge is 0.392 e. The maximum Gasteiger partial charge on any atom is 0.317 e. The van der Waals surface area contributed by atoms with Crippen LogP contribution in [0.3, 0.4) is 0 Å². The van der Waals surface area contributed by atoms with E-state index in [0.717, 1.165) is 30.2 Å². The minimum absolute atomic E-state index is 0.0661. The molecule has 25 heavy (non-hydrogen) atoms. The number of hydrogen-bond acceptors (Lipinski definition) is 6. The van der Waals surface area contributed by atoms with Crippen molar-refractivity contribution in [3.63, 3.8) is 0 Å². The summed E-state index contributed by atoms with van der Waals surface area (Å²) in [5, 5.41) is 26.4. The van der Waals surface area contributed by atoms with Crippen LogP contribution >= 0.6 is 11.3 Å². The molecule has 140 valence electrons. The molecule has 0 unspecified atom stereocenters. The lowest BCUT2D eigenvalue weighted by Crippen LogP contribution is -2.50. The molecule has 3 rings (SSSR count). The molecule has 8 heteroatoms. The molecular formula is C17H28N4O3S. The Bertz CT molecular complexity index is 598. The van der Waals surface area contributed by atoms with Gasteiger partial charge in [-0.05, 0) is 33.1 Å². The smallest absolute Gasteiger partial charge is 0.317 e. The van der Waals surface area contributed by atoms with Crippen LogP contribution in [0, 0.1) is 0 Å². The van der Waals surface area contributed by atoms with Crippen LogP contribution in [0.25, 0.3) is 0 Å². The molecule has 2 aliphatic rings. The number of urea groups is 1. The Morgan fingerprint density at radius 2 is 2.16 bits per heavy atom. The van der Waals surface area contributed by atoms with Crippen molar-refractivity contribution in [2.75, 3.05) is 26.2 Å². The average molecular weight is 369 g/mol. The molecule has 0 aliphatic carbocycles. The van der Waals surface area contributed by atoms with Crippen LogP contribution in [0.15, 0.2) is 5.38 Å². The van der Waals surface area contributed by atoms with Gasteiger partial charge in [0.05, 0.1) is 18.3 Å². The van der Waals surface area contributed by atoms with Gasteiger partial charge in [0.2, 0.25) is 0 Å². The minimum atomic E-state index is -0.951. The lowest BCUT2D eigenvalue weighted by molar-refractivity contribution is -0.0201. The second-order valence-corrected chi connectivity index (χ2v) is 8.37. The van der Waals surface area contributed by atoms with E-state index in [1.807, 2.05) is 19.2 Å². The first-order valence-corrected chi connectivity index (χ1v) is 9.87. The number of aliphatic hydroxyl groups is 2. The minimum Gasteiger partial charge on any atom is -0.392 e. The second-order valence-electron chi connectivity index (χ2n) is 7.43. The Morgan fingerprint density at radius 3 is 2.76 bits per heavy atom. The van der Waals surface area contributed by atoms with Gasteiger partial charge in [-0.3, -0.25) is 4.90 Å². The van der Waals surface area contributed by atoms with Gasteiger partial charge in [-0.15, -0.1) is 11.3 Å². The van der Waals surface area contributed by atoms with Crippen molar-refractivity contribution in [3.05, 3.63) is 16.1 Å². The summed E-state index contributed by atoms with van der Waals surface area (Å²) in [6.45, 7) is 7.24. The van der Waals surface area contributed by atoms with E-state index in [4.69, 9.17) is 0 Å². The topological polar surface area (TPSA) is 88.9 Å². The maximum absolute atomic E-state index is 12.1. The summed E-state index contributed by atoms with van der Waals surface area (Å²) >= 11 is 1.56. The summed E-state index contributed by atoms with van der Waals surface area (Å²) < 4.78 is 0. The van der Waals surface area contributed by atoms with Crippen molar-refractivity contribution in [1.29, 1.82) is 0 Å². The molecule has 0 bridgehead atoms. The fourth-order valence-corrected chi connectivity index (χ4v) is 4.35. The predicted octanol–water partition coefficient (Wildman–Crippen LogP) is 1.11. The van der Waals surface area contributed by atoms with Gasteiger partial charge in [-0.2, -0.15) is 0 Å². The quantitative estimate of drug-likeness (QED) is 0.741. The molecule has 2 saturated heterocycles. The third-order valence-electron chi connectivity index (χ3n) is 4.92. The lowest BCUT2D eigenvalue weighted by atomic mass is 9.89. The van der Waals surface area contributed by atoms with Crippen LogP contribution in [0.1, 0.15) is 43.8 Å². The van der Waals surface area contributed by atoms with Crippen LogP contribution in [0.2, 0.25) is 0 Å². The fourth-order valence-electron chi connectivity index (χ4n) is 3.42. The first kappa shape index (κ1) is 18.6. The molecule has 0 spiro atoms. The van der Waals surface area contributed by atoms with Crippen molar-refractivity contribution in [2.45, 2.75) is 57.4 Å². The van der Waals surface area contributed by atoms with Crippen molar-refractivity contribution < 1.29 is 15.0 Å². The van der Waals surface area contributed by atoms with Gasteiger partial charge in [0, 0.05) is 37.6 Å². The Balaban J connectivity index is 1.56. The number of hydrogen-bond donors (Lipinski definition) is 3. The Labute approximate surface area is 152 Å². The summed E-state index contributed by atoms with van der Waals surface area (Å²) in [4.78, 5) is 20.7. The van der Waals surface area contributed by atoms with Crippen LogP contribution in [-0.2, 0) is 12.1 Å². The molecule has 2 aliphatic heterocycles. The van der Waals surface area contributed by atoms with Gasteiger partial charge in [-0.25, -0.2) is 9.78 Å². The zero-order valence-electron chi connectivity index (χ0n) is 14.9. The predicted molar refractivity (Wildman–Crippen MR) is 96.4 cm³/mol. The molecular weight excluding hydrogens is 340 g/mol. The van der Waals surface area contributed by atoms with Crippen LogP contribution in [0.5, 0.6) is 0 Å². The van der Waals surface area contributed by atoms with E-state index in [2.05, 4.69) is 15.2 Å². The van der Waals surface area contributed by atoms with E-state index in [1.54, 1.807) is 16.2 Å². The zero-order chi connectivity index (χ0) is 18.0. The molecule has 1 aromatic heterocycles. The highest BCUT2D eigenvalue weighted by Gasteiger charge is 2.37. The first-order chi connectivity index (χ1) is 11.9. The van der Waals surface area contributed by atoms with Gasteiger partial charge in [-0.1, -0.05) is 0 Å². The van der Waals surface area contributed by atoms with E-state index < -0.39 is 5.60 Å². The molecule has 0 radical (unpaired) electrons. The molecule has 2 fully saturated rings. The number of piperidine rings is 1. The van der Waals surface area contributed by atoms with Crippen molar-refractivity contribution in [1.82, 2.24) is 20.1 Å². The van der Waals surface area contributed by atoms with E-state index in [0.29, 0.717) is 32.5 Å². The van der Waals surface area contributed by atoms with Crippen molar-refractivity contribution >= 4 is 17.4 Å². The Hall–Kier alpha value is -1.22. The molecule has 2 amide bonds. The first-order valence-electron chi connectivity index (χ1n) is 8.99. The van der Waals surface area contributed by atoms with Gasteiger partial charge < -0.3 is 20.4 Å². The third kappa shape index (κ3) is 4.49. The third-order valence-corrected chi connectivity index (χ3v) is 5.76. The second kappa shape index (κ2) is 7.57. The number of carbonyl (C=O) groups is 1. The average Bonchev–Trinajstić information content (AvgIpc) is 3.17. The van der Waals surface area contributed by atoms with Crippen LogP contribution < -0.4 is 5.32 Å². The number of thiazole rings is 1. The van der Waals surface area contributed by atoms with Crippen LogP contribution in [-0.4, -0.2) is 69.4 Å². The van der Waals surface area contributed by atoms with Crippen molar-refractivity contribution in [3.8, 4) is 0 Å². The standard InChI is InChI=1S/C17H28N4O3S/c1-12(2)18-16(23)21-7-4-17(24,5-8-21)14-11-25-15(19-14)10-20-6-3-13(22)9-20/h11-13,22,24H,3-10H2,1-2H3,(H,18,23)/t13-/m1/s1. The summed E-state index contributed by atoms with van der Waals surface area (Å²) in [7, 11) is 0. The number of rotatable bonds is 4. The van der Waals surface area contributed by atoms with Crippen LogP contribution in [0.4, 0.5) is 4.79 Å². The van der Waals surface area contributed by atoms with E-state index >= 15 is 0 Å². The number of carbonyl (C=O) groups excluding carboxylic acids is 1. The number of likely N-dealkylation sites (tertiary alicyclic amines) is 2. The van der Waals surface area contributed by atoms with Gasteiger partial charge in [0.25, 0.3) is 0 Å². The maximum atomic E-state index is 12.1. The van der Waals surface area contributed by atoms with Gasteiger partial charge in [0.15, 0.2) is 0 Å². The van der Waals surface area contributed by atoms with Gasteiger partial charge >= 0.3 is 6.03 Å². The number of nitrogens with one attached hydrogen (secondary N) is 1. The number of β-amino-alcohol motifs (C(OH)–C–C–N with tert-alkyl or cyclic N) is 1. The SMILES string of the molecule is CC(C)NC(=O)N1CCC(O)(c2csc(CN3CC[C@@H](O)C3)n2)CC1. The molecule has 3 heterocycles. The molecule has 3 N–H and O–H groups in total. The fraction of sp³-hybridized carbons (Fsp3) is 0.765. The number of amides is 2. The van der Waals surface area contributed by atoms with Crippen molar-refractivity contribution in [2.24, 2.45) is 0 Å². The van der Waals surface area contributed by atoms with E-state index in [-0.39, 0.29) is 18.2 Å². The summed E-state index contributed by atoms with van der Waals surface area (Å²) in [6, 6.07) is 0.0436. The lowest BCUT2D eigenvalue weighted by Gasteiger charge is -2.37. The zero-order valence-corrected chi connectivity index (χ0v) is 15.8. The molecule has 1 atom stereocenters. The molecule has 1 aromatic rings. The van der Waals surface area contributed by atoms with Gasteiger partial charge in [0.1, 0.15) is 10.6 Å². The Morgan fingerprint density at radius 1 is 1.44 bits per heavy atom. The number of aromatic nitrogens is 1. The summed E-state index contributed by atoms with van der Waals surface area (Å²) in [5.74, 6) is 0. The highest BCUT2D eigenvalue weighted by atomic mass is 32.1. The molecule has 0 aromatic carbocycles. The number of aliphatic hydroxyl groups excluding tert-OH is 1. The Kier molecular flexibility index (Phi) is 5.62. The molecule has 0 saturated carbocycles. The summed E-state index contributed by atoms with van der Waals surface area (Å²) in [5.41, 5.74) is -0.232. The van der Waals surface area contributed by atoms with E-state index in [1.165, 1.54) is 0 Å². The highest BCUT2D eigenvalue weighted by Crippen LogP contribution is 2.33. The highest BCUT2D eigenvalue weighted by molar-refractivity contribution is 7.09. The monoisotopic (exact) mass is 368 g/mol. The summed E-state index contributed by atoms with van der Waals surface area (Å²) in [6.07, 6.45) is 1.59. The molecule has 7 nitrogen and oxygen atoms in total. The number of nitrogens with zero attached hydrogens (tertiary/aromatic N) is 3. The van der Waals surface area contributed by atoms with E-state index in [9.17, 15) is 15.0 Å².